The van der Waals surface area contributed by atoms with Gasteiger partial charge in [-0.3, -0.25) is 4.79 Å². The molecule has 2 aliphatic rings. The van der Waals surface area contributed by atoms with E-state index < -0.39 is 0 Å². The molecule has 2 fully saturated rings. The van der Waals surface area contributed by atoms with Gasteiger partial charge in [0.1, 0.15) is 12.4 Å². The number of hydrogen-bond acceptors (Lipinski definition) is 5. The molecular formula is C20H33IN6O2. The number of guanidine groups is 1. The Hall–Kier alpha value is -1.62. The average Bonchev–Trinajstić information content (AvgIpc) is 2.75. The van der Waals surface area contributed by atoms with Crippen LogP contribution in [-0.4, -0.2) is 92.7 Å². The number of aromatic nitrogens is 1. The lowest BCUT2D eigenvalue weighted by Gasteiger charge is -2.37. The second kappa shape index (κ2) is 12.2. The number of nitrogens with one attached hydrogen (secondary N) is 1. The Morgan fingerprint density at radius 1 is 1.28 bits per heavy atom. The third-order valence-corrected chi connectivity index (χ3v) is 5.18. The molecular weight excluding hydrogens is 483 g/mol. The smallest absolute Gasteiger partial charge is 0.243 e. The molecule has 0 saturated carbocycles. The lowest BCUT2D eigenvalue weighted by molar-refractivity contribution is -0.127. The predicted octanol–water partition coefficient (Wildman–Crippen LogP) is 1.42. The summed E-state index contributed by atoms with van der Waals surface area (Å²) in [5.74, 6) is 1.80. The summed E-state index contributed by atoms with van der Waals surface area (Å²) in [6.45, 7) is 5.14. The number of ether oxygens (including phenoxy) is 1. The minimum Gasteiger partial charge on any atom is -0.376 e. The molecule has 1 aromatic heterocycles. The van der Waals surface area contributed by atoms with Gasteiger partial charge in [0.05, 0.1) is 6.10 Å². The number of piperazine rings is 1. The fourth-order valence-corrected chi connectivity index (χ4v) is 3.41. The zero-order chi connectivity index (χ0) is 19.8. The number of likely N-dealkylation sites (N-methyl/N-ethyl adjacent to an activating group) is 1. The Morgan fingerprint density at radius 2 is 2.07 bits per heavy atom. The van der Waals surface area contributed by atoms with E-state index in [1.807, 2.05) is 24.4 Å². The number of carbonyl (C=O) groups is 1. The van der Waals surface area contributed by atoms with Gasteiger partial charge in [-0.05, 0) is 31.4 Å². The van der Waals surface area contributed by atoms with E-state index in [-0.39, 0.29) is 42.5 Å². The van der Waals surface area contributed by atoms with Crippen molar-refractivity contribution in [2.24, 2.45) is 4.99 Å². The Labute approximate surface area is 190 Å². The molecule has 1 aromatic rings. The van der Waals surface area contributed by atoms with Gasteiger partial charge >= 0.3 is 0 Å². The van der Waals surface area contributed by atoms with Gasteiger partial charge in [-0.1, -0.05) is 6.07 Å². The van der Waals surface area contributed by atoms with Crippen LogP contribution in [0.15, 0.2) is 29.4 Å². The van der Waals surface area contributed by atoms with Gasteiger partial charge in [-0.25, -0.2) is 9.98 Å². The number of pyridine rings is 1. The van der Waals surface area contributed by atoms with Crippen molar-refractivity contribution in [3.63, 3.8) is 0 Å². The summed E-state index contributed by atoms with van der Waals surface area (Å²) < 4.78 is 5.83. The van der Waals surface area contributed by atoms with Crippen molar-refractivity contribution in [1.82, 2.24) is 20.1 Å². The fraction of sp³-hybridized carbons (Fsp3) is 0.650. The van der Waals surface area contributed by atoms with E-state index in [4.69, 9.17) is 4.74 Å². The summed E-state index contributed by atoms with van der Waals surface area (Å²) in [6.07, 6.45) is 5.47. The van der Waals surface area contributed by atoms with Crippen LogP contribution in [0.4, 0.5) is 5.82 Å². The fourth-order valence-electron chi connectivity index (χ4n) is 3.41. The maximum Gasteiger partial charge on any atom is 0.243 e. The molecule has 0 bridgehead atoms. The van der Waals surface area contributed by atoms with Crippen molar-refractivity contribution in [3.8, 4) is 0 Å². The first-order valence-corrected chi connectivity index (χ1v) is 10.1. The number of amides is 1. The van der Waals surface area contributed by atoms with E-state index in [0.29, 0.717) is 0 Å². The highest BCUT2D eigenvalue weighted by Crippen LogP contribution is 2.14. The number of carbonyl (C=O) groups excluding carboxylic acids is 1. The van der Waals surface area contributed by atoms with Crippen LogP contribution in [0.2, 0.25) is 0 Å². The molecule has 0 radical (unpaired) electrons. The predicted molar refractivity (Wildman–Crippen MR) is 126 cm³/mol. The normalized spacial score (nSPS) is 20.1. The summed E-state index contributed by atoms with van der Waals surface area (Å²) in [6, 6.07) is 5.99. The van der Waals surface area contributed by atoms with E-state index in [0.717, 1.165) is 63.9 Å². The Morgan fingerprint density at radius 3 is 2.69 bits per heavy atom. The van der Waals surface area contributed by atoms with Crippen LogP contribution in [0.3, 0.4) is 0 Å². The Balaban J connectivity index is 0.00000300. The van der Waals surface area contributed by atoms with E-state index in [1.54, 1.807) is 19.0 Å². The summed E-state index contributed by atoms with van der Waals surface area (Å²) in [5.41, 5.74) is 0. The highest BCUT2D eigenvalue weighted by Gasteiger charge is 2.22. The zero-order valence-corrected chi connectivity index (χ0v) is 19.7. The average molecular weight is 516 g/mol. The number of halogens is 1. The summed E-state index contributed by atoms with van der Waals surface area (Å²) in [7, 11) is 3.51. The second-order valence-electron chi connectivity index (χ2n) is 7.46. The molecule has 2 aliphatic heterocycles. The van der Waals surface area contributed by atoms with Gasteiger partial charge in [0.25, 0.3) is 0 Å². The van der Waals surface area contributed by atoms with E-state index in [1.165, 1.54) is 6.42 Å². The standard InChI is InChI=1S/C20H32N6O2.HI/c1-24(2)19(27)16-23-20(22-15-17-7-4-6-14-28-17)26-12-10-25(11-13-26)18-8-3-5-9-21-18;/h3,5,8-9,17H,4,6-7,10-16H2,1-2H3,(H,22,23);1H. The van der Waals surface area contributed by atoms with Crippen LogP contribution in [0.1, 0.15) is 19.3 Å². The second-order valence-corrected chi connectivity index (χ2v) is 7.46. The van der Waals surface area contributed by atoms with E-state index in [9.17, 15) is 4.79 Å². The quantitative estimate of drug-likeness (QED) is 0.363. The monoisotopic (exact) mass is 516 g/mol. The summed E-state index contributed by atoms with van der Waals surface area (Å²) in [5, 5.41) is 3.45. The maximum absolute atomic E-state index is 12.0. The van der Waals surface area contributed by atoms with Crippen molar-refractivity contribution in [2.75, 3.05) is 64.9 Å². The van der Waals surface area contributed by atoms with Crippen LogP contribution in [0, 0.1) is 0 Å². The highest BCUT2D eigenvalue weighted by molar-refractivity contribution is 14.0. The number of aliphatic imine (C=N–C) groups is 1. The molecule has 0 aromatic carbocycles. The van der Waals surface area contributed by atoms with Gasteiger partial charge in [-0.2, -0.15) is 0 Å². The van der Waals surface area contributed by atoms with Crippen molar-refractivity contribution >= 4 is 41.7 Å². The number of hydrogen-bond donors (Lipinski definition) is 1. The van der Waals surface area contributed by atoms with Gasteiger partial charge in [0.2, 0.25) is 5.91 Å². The van der Waals surface area contributed by atoms with Crippen molar-refractivity contribution in [2.45, 2.75) is 25.4 Å². The molecule has 3 rings (SSSR count). The molecule has 1 atom stereocenters. The maximum atomic E-state index is 12.0. The van der Waals surface area contributed by atoms with Crippen LogP contribution in [-0.2, 0) is 9.53 Å². The molecule has 3 heterocycles. The summed E-state index contributed by atoms with van der Waals surface area (Å²) >= 11 is 0. The molecule has 1 amide bonds. The van der Waals surface area contributed by atoms with Gasteiger partial charge < -0.3 is 24.8 Å². The third kappa shape index (κ3) is 7.29. The first-order chi connectivity index (χ1) is 13.6. The molecule has 1 unspecified atom stereocenters. The minimum absolute atomic E-state index is 0. The van der Waals surface area contributed by atoms with Crippen molar-refractivity contribution < 1.29 is 9.53 Å². The lowest BCUT2D eigenvalue weighted by Crippen LogP contribution is -2.54. The Bertz CT molecular complexity index is 644. The molecule has 8 nitrogen and oxygen atoms in total. The van der Waals surface area contributed by atoms with Gasteiger partial charge in [0, 0.05) is 59.6 Å². The van der Waals surface area contributed by atoms with E-state index >= 15 is 0 Å². The zero-order valence-electron chi connectivity index (χ0n) is 17.4. The van der Waals surface area contributed by atoms with Crippen LogP contribution < -0.4 is 10.2 Å². The highest BCUT2D eigenvalue weighted by atomic mass is 127. The SMILES string of the molecule is CN(C)C(=O)CN=C(NCC1CCCCO1)N1CCN(c2ccccn2)CC1.I. The molecule has 0 aliphatic carbocycles. The number of rotatable bonds is 5. The third-order valence-electron chi connectivity index (χ3n) is 5.18. The molecule has 162 valence electrons. The van der Waals surface area contributed by atoms with E-state index in [2.05, 4.69) is 25.1 Å². The number of nitrogens with zero attached hydrogens (tertiary/aromatic N) is 5. The first-order valence-electron chi connectivity index (χ1n) is 10.1. The molecule has 0 spiro atoms. The van der Waals surface area contributed by atoms with Gasteiger partial charge in [-0.15, -0.1) is 24.0 Å². The van der Waals surface area contributed by atoms with Crippen molar-refractivity contribution in [1.29, 1.82) is 0 Å². The molecule has 9 heteroatoms. The van der Waals surface area contributed by atoms with Crippen LogP contribution >= 0.6 is 24.0 Å². The molecule has 2 saturated heterocycles. The lowest BCUT2D eigenvalue weighted by atomic mass is 10.1. The Kier molecular flexibility index (Phi) is 9.92. The van der Waals surface area contributed by atoms with Crippen LogP contribution in [0.25, 0.3) is 0 Å². The molecule has 1 N–H and O–H groups in total. The van der Waals surface area contributed by atoms with Gasteiger partial charge in [0.15, 0.2) is 5.96 Å². The number of anilines is 1. The van der Waals surface area contributed by atoms with Crippen LogP contribution in [0.5, 0.6) is 0 Å². The van der Waals surface area contributed by atoms with Crippen molar-refractivity contribution in [3.05, 3.63) is 24.4 Å². The largest absolute Gasteiger partial charge is 0.376 e. The minimum atomic E-state index is 0. The summed E-state index contributed by atoms with van der Waals surface area (Å²) in [4.78, 5) is 27.1. The topological polar surface area (TPSA) is 73.3 Å². The first kappa shape index (κ1) is 23.7. The molecule has 29 heavy (non-hydrogen) atoms.